The van der Waals surface area contributed by atoms with E-state index in [1.165, 1.54) is 12.8 Å². The standard InChI is InChI=1S/C15H19NO2.ClH/c17-15(18-11-12-5-2-1-3-6-12)13-9-14-7-4-8-16(14)10-13;/h1-3,5-6,13-14H,4,7-11H2;1H/t13-,14?;/m0./s1. The molecule has 19 heavy (non-hydrogen) atoms. The summed E-state index contributed by atoms with van der Waals surface area (Å²) in [5, 5.41) is 0. The fourth-order valence-electron chi connectivity index (χ4n) is 3.11. The Morgan fingerprint density at radius 1 is 1.32 bits per heavy atom. The Bertz CT molecular complexity index is 411. The molecule has 0 aliphatic carbocycles. The summed E-state index contributed by atoms with van der Waals surface area (Å²) < 4.78 is 5.41. The second kappa shape index (κ2) is 6.40. The van der Waals surface area contributed by atoms with E-state index in [4.69, 9.17) is 4.74 Å². The number of carbonyl (C=O) groups is 1. The fourth-order valence-corrected chi connectivity index (χ4v) is 3.11. The molecule has 0 amide bonds. The Morgan fingerprint density at radius 3 is 2.84 bits per heavy atom. The van der Waals surface area contributed by atoms with Gasteiger partial charge in [-0.15, -0.1) is 12.4 Å². The van der Waals surface area contributed by atoms with E-state index in [2.05, 4.69) is 4.90 Å². The number of fused-ring (bicyclic) bond motifs is 1. The van der Waals surface area contributed by atoms with Crippen LogP contribution in [0.2, 0.25) is 0 Å². The van der Waals surface area contributed by atoms with Gasteiger partial charge in [-0.3, -0.25) is 9.69 Å². The first kappa shape index (κ1) is 14.4. The van der Waals surface area contributed by atoms with Gasteiger partial charge in [0, 0.05) is 12.6 Å². The van der Waals surface area contributed by atoms with Crippen LogP contribution in [0.15, 0.2) is 30.3 Å². The van der Waals surface area contributed by atoms with Crippen molar-refractivity contribution in [3.8, 4) is 0 Å². The van der Waals surface area contributed by atoms with Crippen molar-refractivity contribution in [2.75, 3.05) is 13.1 Å². The van der Waals surface area contributed by atoms with Crippen molar-refractivity contribution in [1.29, 1.82) is 0 Å². The van der Waals surface area contributed by atoms with Crippen molar-refractivity contribution < 1.29 is 9.53 Å². The highest BCUT2D eigenvalue weighted by molar-refractivity contribution is 5.85. The number of hydrogen-bond acceptors (Lipinski definition) is 3. The zero-order valence-corrected chi connectivity index (χ0v) is 11.8. The first-order valence-corrected chi connectivity index (χ1v) is 6.77. The van der Waals surface area contributed by atoms with Crippen LogP contribution in [0.1, 0.15) is 24.8 Å². The van der Waals surface area contributed by atoms with Crippen LogP contribution >= 0.6 is 12.4 Å². The van der Waals surface area contributed by atoms with E-state index in [1.807, 2.05) is 30.3 Å². The van der Waals surface area contributed by atoms with Crippen LogP contribution in [0.5, 0.6) is 0 Å². The van der Waals surface area contributed by atoms with Gasteiger partial charge in [-0.1, -0.05) is 30.3 Å². The summed E-state index contributed by atoms with van der Waals surface area (Å²) in [6, 6.07) is 10.5. The quantitative estimate of drug-likeness (QED) is 0.798. The van der Waals surface area contributed by atoms with Gasteiger partial charge in [0.25, 0.3) is 0 Å². The average Bonchev–Trinajstić information content (AvgIpc) is 2.98. The van der Waals surface area contributed by atoms with Crippen LogP contribution in [0.3, 0.4) is 0 Å². The molecule has 0 spiro atoms. The van der Waals surface area contributed by atoms with Gasteiger partial charge in [-0.05, 0) is 31.4 Å². The summed E-state index contributed by atoms with van der Waals surface area (Å²) in [5.74, 6) is 0.0762. The van der Waals surface area contributed by atoms with Crippen molar-refractivity contribution in [2.45, 2.75) is 31.9 Å². The largest absolute Gasteiger partial charge is 0.461 e. The van der Waals surface area contributed by atoms with E-state index < -0.39 is 0 Å². The molecule has 2 aliphatic heterocycles. The van der Waals surface area contributed by atoms with Gasteiger partial charge in [-0.2, -0.15) is 0 Å². The normalized spacial score (nSPS) is 25.7. The number of halogens is 1. The number of nitrogens with zero attached hydrogens (tertiary/aromatic N) is 1. The zero-order valence-electron chi connectivity index (χ0n) is 11.0. The van der Waals surface area contributed by atoms with E-state index in [-0.39, 0.29) is 24.3 Å². The van der Waals surface area contributed by atoms with Gasteiger partial charge in [0.2, 0.25) is 0 Å². The van der Waals surface area contributed by atoms with Crippen molar-refractivity contribution in [2.24, 2.45) is 5.92 Å². The molecular formula is C15H20ClNO2. The molecule has 3 nitrogen and oxygen atoms in total. The van der Waals surface area contributed by atoms with Gasteiger partial charge in [-0.25, -0.2) is 0 Å². The minimum absolute atomic E-state index is 0. The highest BCUT2D eigenvalue weighted by Crippen LogP contribution is 2.31. The lowest BCUT2D eigenvalue weighted by Crippen LogP contribution is -2.24. The molecule has 1 unspecified atom stereocenters. The first-order chi connectivity index (χ1) is 8.83. The Hall–Kier alpha value is -1.06. The second-order valence-corrected chi connectivity index (χ2v) is 5.32. The summed E-state index contributed by atoms with van der Waals surface area (Å²) in [6.45, 7) is 2.46. The molecule has 2 atom stereocenters. The van der Waals surface area contributed by atoms with E-state index in [9.17, 15) is 4.79 Å². The molecule has 0 N–H and O–H groups in total. The molecule has 2 heterocycles. The Morgan fingerprint density at radius 2 is 2.11 bits per heavy atom. The van der Waals surface area contributed by atoms with Gasteiger partial charge < -0.3 is 4.74 Å². The highest BCUT2D eigenvalue weighted by atomic mass is 35.5. The van der Waals surface area contributed by atoms with Crippen molar-refractivity contribution in [3.05, 3.63) is 35.9 Å². The molecular weight excluding hydrogens is 262 g/mol. The number of benzene rings is 1. The van der Waals surface area contributed by atoms with Crippen LogP contribution in [0, 0.1) is 5.92 Å². The maximum Gasteiger partial charge on any atom is 0.310 e. The SMILES string of the molecule is Cl.O=C(OCc1ccccc1)[C@H]1CC2CCCN2C1. The molecule has 3 rings (SSSR count). The number of rotatable bonds is 3. The molecule has 2 aliphatic rings. The predicted octanol–water partition coefficient (Wildman–Crippen LogP) is 2.64. The Balaban J connectivity index is 0.00000133. The molecule has 0 aromatic heterocycles. The molecule has 1 aromatic carbocycles. The monoisotopic (exact) mass is 281 g/mol. The van der Waals surface area contributed by atoms with Gasteiger partial charge in [0.1, 0.15) is 6.61 Å². The maximum absolute atomic E-state index is 12.0. The Labute approximate surface area is 120 Å². The summed E-state index contributed by atoms with van der Waals surface area (Å²) in [6.07, 6.45) is 3.53. The summed E-state index contributed by atoms with van der Waals surface area (Å²) in [4.78, 5) is 14.4. The fraction of sp³-hybridized carbons (Fsp3) is 0.533. The van der Waals surface area contributed by atoms with Crippen LogP contribution < -0.4 is 0 Å². The zero-order chi connectivity index (χ0) is 12.4. The number of hydrogen-bond donors (Lipinski definition) is 0. The molecule has 1 aromatic rings. The third-order valence-electron chi connectivity index (χ3n) is 4.07. The van der Waals surface area contributed by atoms with Crippen LogP contribution in [0.4, 0.5) is 0 Å². The maximum atomic E-state index is 12.0. The van der Waals surface area contributed by atoms with Crippen LogP contribution in [-0.2, 0) is 16.1 Å². The van der Waals surface area contributed by atoms with E-state index in [1.54, 1.807) is 0 Å². The lowest BCUT2D eigenvalue weighted by atomic mass is 10.0. The van der Waals surface area contributed by atoms with Crippen LogP contribution in [0.25, 0.3) is 0 Å². The third-order valence-corrected chi connectivity index (χ3v) is 4.07. The molecule has 0 bridgehead atoms. The van der Waals surface area contributed by atoms with Crippen molar-refractivity contribution in [1.82, 2.24) is 4.90 Å². The highest BCUT2D eigenvalue weighted by Gasteiger charge is 2.39. The number of carbonyl (C=O) groups excluding carboxylic acids is 1. The second-order valence-electron chi connectivity index (χ2n) is 5.32. The third kappa shape index (κ3) is 3.28. The molecule has 0 saturated carbocycles. The topological polar surface area (TPSA) is 29.5 Å². The molecule has 2 fully saturated rings. The lowest BCUT2D eigenvalue weighted by Gasteiger charge is -2.13. The van der Waals surface area contributed by atoms with E-state index >= 15 is 0 Å². The summed E-state index contributed by atoms with van der Waals surface area (Å²) in [5.41, 5.74) is 1.06. The average molecular weight is 282 g/mol. The Kier molecular flexibility index (Phi) is 4.83. The van der Waals surface area contributed by atoms with E-state index in [0.29, 0.717) is 12.6 Å². The predicted molar refractivity (Wildman–Crippen MR) is 76.2 cm³/mol. The lowest BCUT2D eigenvalue weighted by molar-refractivity contribution is -0.149. The van der Waals surface area contributed by atoms with Gasteiger partial charge in [0.15, 0.2) is 0 Å². The van der Waals surface area contributed by atoms with Gasteiger partial charge >= 0.3 is 5.97 Å². The number of ether oxygens (including phenoxy) is 1. The number of esters is 1. The smallest absolute Gasteiger partial charge is 0.310 e. The van der Waals surface area contributed by atoms with Crippen LogP contribution in [-0.4, -0.2) is 30.0 Å². The van der Waals surface area contributed by atoms with Crippen molar-refractivity contribution >= 4 is 18.4 Å². The summed E-state index contributed by atoms with van der Waals surface area (Å²) >= 11 is 0. The van der Waals surface area contributed by atoms with Gasteiger partial charge in [0.05, 0.1) is 5.92 Å². The minimum atomic E-state index is -0.0201. The molecule has 0 radical (unpaired) electrons. The first-order valence-electron chi connectivity index (χ1n) is 6.77. The van der Waals surface area contributed by atoms with E-state index in [0.717, 1.165) is 25.1 Å². The molecule has 104 valence electrons. The minimum Gasteiger partial charge on any atom is -0.461 e. The van der Waals surface area contributed by atoms with Crippen molar-refractivity contribution in [3.63, 3.8) is 0 Å². The molecule has 4 heteroatoms. The summed E-state index contributed by atoms with van der Waals surface area (Å²) in [7, 11) is 0. The molecule has 2 saturated heterocycles.